The van der Waals surface area contributed by atoms with Crippen molar-refractivity contribution in [1.29, 1.82) is 0 Å². The maximum absolute atomic E-state index is 12.9. The summed E-state index contributed by atoms with van der Waals surface area (Å²) in [5.41, 5.74) is 1.83. The zero-order valence-corrected chi connectivity index (χ0v) is 16.3. The van der Waals surface area contributed by atoms with Gasteiger partial charge in [-0.2, -0.15) is 0 Å². The van der Waals surface area contributed by atoms with Gasteiger partial charge >= 0.3 is 0 Å². The SMILES string of the molecule is CCc1nc(-c2ncccn2)sc1C(=O)NC1CCCc2sc(C)nc21. The molecule has 0 spiro atoms. The highest BCUT2D eigenvalue weighted by molar-refractivity contribution is 7.17. The Hall–Kier alpha value is -2.19. The fourth-order valence-corrected chi connectivity index (χ4v) is 5.22. The summed E-state index contributed by atoms with van der Waals surface area (Å²) in [6, 6.07) is 1.75. The minimum Gasteiger partial charge on any atom is -0.343 e. The lowest BCUT2D eigenvalue weighted by atomic mass is 9.97. The summed E-state index contributed by atoms with van der Waals surface area (Å²) in [6.07, 6.45) is 7.12. The molecule has 8 heteroatoms. The van der Waals surface area contributed by atoms with Gasteiger partial charge in [-0.25, -0.2) is 19.9 Å². The minimum atomic E-state index is -0.0787. The molecule has 0 bridgehead atoms. The molecule has 1 aliphatic carbocycles. The van der Waals surface area contributed by atoms with Gasteiger partial charge in [-0.3, -0.25) is 4.79 Å². The molecular weight excluding hydrogens is 366 g/mol. The van der Waals surface area contributed by atoms with Gasteiger partial charge in [0.25, 0.3) is 5.91 Å². The fraction of sp³-hybridized carbons (Fsp3) is 0.389. The third-order valence-electron chi connectivity index (χ3n) is 4.36. The Morgan fingerprint density at radius 2 is 2.08 bits per heavy atom. The minimum absolute atomic E-state index is 0.0144. The van der Waals surface area contributed by atoms with Crippen LogP contribution < -0.4 is 5.32 Å². The topological polar surface area (TPSA) is 80.7 Å². The third-order valence-corrected chi connectivity index (χ3v) is 6.50. The van der Waals surface area contributed by atoms with Gasteiger partial charge in [0.05, 0.1) is 22.4 Å². The lowest BCUT2D eigenvalue weighted by Gasteiger charge is -2.22. The average molecular weight is 386 g/mol. The van der Waals surface area contributed by atoms with Gasteiger partial charge in [0.15, 0.2) is 10.8 Å². The van der Waals surface area contributed by atoms with Crippen molar-refractivity contribution in [3.63, 3.8) is 0 Å². The number of carbonyl (C=O) groups excluding carboxylic acids is 1. The highest BCUT2D eigenvalue weighted by atomic mass is 32.1. The van der Waals surface area contributed by atoms with E-state index in [1.165, 1.54) is 16.2 Å². The van der Waals surface area contributed by atoms with Crippen molar-refractivity contribution in [1.82, 2.24) is 25.3 Å². The molecule has 134 valence electrons. The largest absolute Gasteiger partial charge is 0.343 e. The molecule has 1 atom stereocenters. The predicted octanol–water partition coefficient (Wildman–Crippen LogP) is 3.73. The number of hydrogen-bond acceptors (Lipinski definition) is 7. The lowest BCUT2D eigenvalue weighted by molar-refractivity contribution is 0.0935. The molecule has 0 radical (unpaired) electrons. The Balaban J connectivity index is 1.60. The molecule has 1 unspecified atom stereocenters. The maximum Gasteiger partial charge on any atom is 0.263 e. The first kappa shape index (κ1) is 17.2. The number of amides is 1. The Labute approximate surface area is 159 Å². The van der Waals surface area contributed by atoms with Crippen molar-refractivity contribution in [3.05, 3.63) is 44.6 Å². The van der Waals surface area contributed by atoms with Crippen molar-refractivity contribution in [2.45, 2.75) is 45.6 Å². The van der Waals surface area contributed by atoms with Gasteiger partial charge in [-0.15, -0.1) is 22.7 Å². The van der Waals surface area contributed by atoms with Gasteiger partial charge in [-0.05, 0) is 38.7 Å². The summed E-state index contributed by atoms with van der Waals surface area (Å²) in [6.45, 7) is 4.02. The molecule has 4 rings (SSSR count). The number of aryl methyl sites for hydroxylation is 3. The number of hydrogen-bond donors (Lipinski definition) is 1. The summed E-state index contributed by atoms with van der Waals surface area (Å²) < 4.78 is 0. The smallest absolute Gasteiger partial charge is 0.263 e. The van der Waals surface area contributed by atoms with E-state index in [1.54, 1.807) is 29.8 Å². The molecule has 3 aromatic rings. The van der Waals surface area contributed by atoms with Crippen LogP contribution in [0, 0.1) is 6.92 Å². The van der Waals surface area contributed by atoms with Gasteiger partial charge in [0.1, 0.15) is 4.88 Å². The summed E-state index contributed by atoms with van der Waals surface area (Å²) in [5, 5.41) is 4.92. The van der Waals surface area contributed by atoms with Crippen molar-refractivity contribution in [3.8, 4) is 10.8 Å². The molecule has 0 saturated carbocycles. The van der Waals surface area contributed by atoms with Crippen molar-refractivity contribution < 1.29 is 4.79 Å². The van der Waals surface area contributed by atoms with Crippen LogP contribution in [0.4, 0.5) is 0 Å². The van der Waals surface area contributed by atoms with Gasteiger partial charge in [0, 0.05) is 17.3 Å². The molecule has 6 nitrogen and oxygen atoms in total. The molecule has 0 fully saturated rings. The standard InChI is InChI=1S/C18H19N5OS2/c1-3-11-15(26-18(23-11)16-19-8-5-9-20-16)17(24)22-12-6-4-7-13-14(12)21-10(2)25-13/h5,8-9,12H,3-4,6-7H2,1-2H3,(H,22,24). The summed E-state index contributed by atoms with van der Waals surface area (Å²) in [5.74, 6) is 0.478. The van der Waals surface area contributed by atoms with Crippen LogP contribution in [-0.4, -0.2) is 25.8 Å². The zero-order valence-electron chi connectivity index (χ0n) is 14.7. The average Bonchev–Trinajstić information content (AvgIpc) is 3.26. The first-order valence-electron chi connectivity index (χ1n) is 8.70. The van der Waals surface area contributed by atoms with Crippen molar-refractivity contribution in [2.24, 2.45) is 0 Å². The van der Waals surface area contributed by atoms with E-state index < -0.39 is 0 Å². The number of nitrogens with zero attached hydrogens (tertiary/aromatic N) is 4. The Morgan fingerprint density at radius 3 is 2.85 bits per heavy atom. The second-order valence-electron chi connectivity index (χ2n) is 6.18. The van der Waals surface area contributed by atoms with Crippen LogP contribution >= 0.6 is 22.7 Å². The molecule has 3 aromatic heterocycles. The van der Waals surface area contributed by atoms with E-state index in [1.807, 2.05) is 13.8 Å². The van der Waals surface area contributed by atoms with Crippen LogP contribution in [0.25, 0.3) is 10.8 Å². The van der Waals surface area contributed by atoms with Crippen LogP contribution in [0.3, 0.4) is 0 Å². The van der Waals surface area contributed by atoms with E-state index in [4.69, 9.17) is 0 Å². The van der Waals surface area contributed by atoms with Crippen LogP contribution in [0.2, 0.25) is 0 Å². The molecule has 1 amide bonds. The van der Waals surface area contributed by atoms with E-state index in [9.17, 15) is 4.79 Å². The van der Waals surface area contributed by atoms with E-state index in [0.717, 1.165) is 35.7 Å². The second kappa shape index (κ2) is 7.20. The van der Waals surface area contributed by atoms with Crippen LogP contribution in [-0.2, 0) is 12.8 Å². The van der Waals surface area contributed by atoms with Gasteiger partial charge in [0.2, 0.25) is 0 Å². The highest BCUT2D eigenvalue weighted by Gasteiger charge is 2.27. The zero-order chi connectivity index (χ0) is 18.1. The van der Waals surface area contributed by atoms with Gasteiger partial charge in [-0.1, -0.05) is 6.92 Å². The molecule has 1 N–H and O–H groups in total. The van der Waals surface area contributed by atoms with E-state index in [-0.39, 0.29) is 11.9 Å². The molecule has 0 aliphatic heterocycles. The maximum atomic E-state index is 12.9. The Bertz CT molecular complexity index is 934. The van der Waals surface area contributed by atoms with Crippen LogP contribution in [0.1, 0.15) is 56.8 Å². The van der Waals surface area contributed by atoms with E-state index in [2.05, 4.69) is 25.3 Å². The van der Waals surface area contributed by atoms with Crippen molar-refractivity contribution >= 4 is 28.6 Å². The molecule has 3 heterocycles. The summed E-state index contributed by atoms with van der Waals surface area (Å²) in [4.78, 5) is 32.6. The Kier molecular flexibility index (Phi) is 4.78. The number of rotatable bonds is 4. The first-order chi connectivity index (χ1) is 12.7. The van der Waals surface area contributed by atoms with Crippen LogP contribution in [0.15, 0.2) is 18.5 Å². The highest BCUT2D eigenvalue weighted by Crippen LogP contribution is 2.34. The number of aromatic nitrogens is 4. The first-order valence-corrected chi connectivity index (χ1v) is 10.3. The quantitative estimate of drug-likeness (QED) is 0.740. The molecule has 0 aromatic carbocycles. The molecule has 1 aliphatic rings. The van der Waals surface area contributed by atoms with E-state index in [0.29, 0.717) is 22.1 Å². The number of fused-ring (bicyclic) bond motifs is 1. The fourth-order valence-electron chi connectivity index (χ4n) is 3.18. The monoisotopic (exact) mass is 385 g/mol. The second-order valence-corrected chi connectivity index (χ2v) is 8.47. The summed E-state index contributed by atoms with van der Waals surface area (Å²) in [7, 11) is 0. The number of nitrogens with one attached hydrogen (secondary N) is 1. The van der Waals surface area contributed by atoms with Crippen molar-refractivity contribution in [2.75, 3.05) is 0 Å². The molecule has 26 heavy (non-hydrogen) atoms. The normalized spacial score (nSPS) is 16.3. The Morgan fingerprint density at radius 1 is 1.27 bits per heavy atom. The third kappa shape index (κ3) is 3.26. The predicted molar refractivity (Wildman–Crippen MR) is 103 cm³/mol. The summed E-state index contributed by atoms with van der Waals surface area (Å²) >= 11 is 3.09. The van der Waals surface area contributed by atoms with Crippen LogP contribution in [0.5, 0.6) is 0 Å². The lowest BCUT2D eigenvalue weighted by Crippen LogP contribution is -2.31. The van der Waals surface area contributed by atoms with Gasteiger partial charge < -0.3 is 5.32 Å². The molecular formula is C18H19N5OS2. The molecule has 0 saturated heterocycles. The number of thiazole rings is 2. The van der Waals surface area contributed by atoms with E-state index >= 15 is 0 Å². The number of carbonyl (C=O) groups is 1.